The predicted octanol–water partition coefficient (Wildman–Crippen LogP) is 3.44. The number of thioether (sulfide) groups is 1. The summed E-state index contributed by atoms with van der Waals surface area (Å²) in [5, 5.41) is 0.388. The van der Waals surface area contributed by atoms with Gasteiger partial charge in [0.15, 0.2) is 9.51 Å². The van der Waals surface area contributed by atoms with Crippen LogP contribution >= 0.6 is 23.1 Å². The summed E-state index contributed by atoms with van der Waals surface area (Å²) in [5.74, 6) is 0.388. The Morgan fingerprint density at radius 1 is 1.14 bits per heavy atom. The fraction of sp³-hybridized carbons (Fsp3) is 0.143. The van der Waals surface area contributed by atoms with Gasteiger partial charge in [0.2, 0.25) is 0 Å². The molecular weight excluding hydrogens is 302 g/mol. The van der Waals surface area contributed by atoms with Gasteiger partial charge in [-0.15, -0.1) is 11.3 Å². The fourth-order valence-corrected chi connectivity index (χ4v) is 3.70. The molecule has 2 N–H and O–H groups in total. The Labute approximate surface area is 130 Å². The number of nitrogens with two attached hydrogens (primary N) is 1. The van der Waals surface area contributed by atoms with Crippen LogP contribution in [0.3, 0.4) is 0 Å². The van der Waals surface area contributed by atoms with Crippen molar-refractivity contribution in [2.24, 2.45) is 10.7 Å². The first kappa shape index (κ1) is 14.0. The lowest BCUT2D eigenvalue weighted by atomic mass is 10.3. The van der Waals surface area contributed by atoms with Crippen LogP contribution in [-0.2, 0) is 0 Å². The third-order valence-corrected chi connectivity index (χ3v) is 4.54. The molecule has 0 atom stereocenters. The molecule has 0 saturated carbocycles. The first-order valence-corrected chi connectivity index (χ1v) is 7.93. The monoisotopic (exact) mass is 315 g/mol. The van der Waals surface area contributed by atoms with Crippen LogP contribution in [0.25, 0.3) is 10.2 Å². The number of thiazole rings is 1. The number of hydrogen-bond donors (Lipinski definition) is 1. The molecule has 0 saturated heterocycles. The van der Waals surface area contributed by atoms with Crippen molar-refractivity contribution in [3.8, 4) is 0 Å². The smallest absolute Gasteiger partial charge is 0.252 e. The SMILES string of the molecule is Cc1cc(C)nc(/N=C(\N)Sc2nc3ccccc3s2)n1. The minimum Gasteiger partial charge on any atom is -0.378 e. The number of aliphatic imine (C=N–C) groups is 1. The van der Waals surface area contributed by atoms with E-state index < -0.39 is 0 Å². The summed E-state index contributed by atoms with van der Waals surface area (Å²) in [5.41, 5.74) is 8.68. The van der Waals surface area contributed by atoms with Gasteiger partial charge in [0.25, 0.3) is 5.95 Å². The van der Waals surface area contributed by atoms with Crippen molar-refractivity contribution >= 4 is 44.4 Å². The van der Waals surface area contributed by atoms with Gasteiger partial charge < -0.3 is 5.73 Å². The first-order valence-electron chi connectivity index (χ1n) is 6.30. The van der Waals surface area contributed by atoms with Crippen molar-refractivity contribution in [3.05, 3.63) is 41.7 Å². The molecule has 0 radical (unpaired) electrons. The zero-order chi connectivity index (χ0) is 14.8. The van der Waals surface area contributed by atoms with Crippen LogP contribution in [0, 0.1) is 13.8 Å². The standard InChI is InChI=1S/C14H13N5S2/c1-8-7-9(2)17-13(16-8)19-12(15)21-14-18-10-5-3-4-6-11(10)20-14/h3-7H,1-2H3,(H2,15,16,17,19). The lowest BCUT2D eigenvalue weighted by molar-refractivity contribution is 1.04. The molecule has 2 aromatic heterocycles. The van der Waals surface area contributed by atoms with Gasteiger partial charge in [-0.3, -0.25) is 0 Å². The lowest BCUT2D eigenvalue weighted by Crippen LogP contribution is -2.06. The van der Waals surface area contributed by atoms with Crippen LogP contribution < -0.4 is 5.73 Å². The number of hydrogen-bond acceptors (Lipinski definition) is 6. The molecule has 7 heteroatoms. The molecule has 0 aliphatic rings. The molecule has 0 spiro atoms. The molecular formula is C14H13N5S2. The van der Waals surface area contributed by atoms with Crippen molar-refractivity contribution < 1.29 is 0 Å². The lowest BCUT2D eigenvalue weighted by Gasteiger charge is -1.99. The molecule has 0 amide bonds. The van der Waals surface area contributed by atoms with E-state index >= 15 is 0 Å². The predicted molar refractivity (Wildman–Crippen MR) is 88.3 cm³/mol. The van der Waals surface area contributed by atoms with E-state index in [-0.39, 0.29) is 0 Å². The Morgan fingerprint density at radius 3 is 2.57 bits per heavy atom. The van der Waals surface area contributed by atoms with Crippen LogP contribution in [0.15, 0.2) is 39.7 Å². The van der Waals surface area contributed by atoms with Crippen molar-refractivity contribution in [1.29, 1.82) is 0 Å². The zero-order valence-electron chi connectivity index (χ0n) is 11.6. The Balaban J connectivity index is 1.84. The molecule has 3 rings (SSSR count). The number of benzene rings is 1. The third-order valence-electron chi connectivity index (χ3n) is 2.65. The van der Waals surface area contributed by atoms with Gasteiger partial charge in [-0.2, -0.15) is 4.99 Å². The van der Waals surface area contributed by atoms with Gasteiger partial charge in [0.05, 0.1) is 10.2 Å². The van der Waals surface area contributed by atoms with Gasteiger partial charge >= 0.3 is 0 Å². The zero-order valence-corrected chi connectivity index (χ0v) is 13.2. The highest BCUT2D eigenvalue weighted by atomic mass is 32.2. The summed E-state index contributed by atoms with van der Waals surface area (Å²) < 4.78 is 2.00. The number of aromatic nitrogens is 3. The van der Waals surface area contributed by atoms with E-state index in [1.807, 2.05) is 44.2 Å². The van der Waals surface area contributed by atoms with Crippen LogP contribution in [0.1, 0.15) is 11.4 Å². The van der Waals surface area contributed by atoms with E-state index in [0.717, 1.165) is 25.9 Å². The van der Waals surface area contributed by atoms with Crippen LogP contribution in [0.4, 0.5) is 5.95 Å². The molecule has 0 aliphatic carbocycles. The highest BCUT2D eigenvalue weighted by molar-refractivity contribution is 8.15. The summed E-state index contributed by atoms with van der Waals surface area (Å²) in [4.78, 5) is 17.3. The molecule has 3 aromatic rings. The molecule has 106 valence electrons. The molecule has 1 aromatic carbocycles. The third kappa shape index (κ3) is 3.37. The van der Waals surface area contributed by atoms with Gasteiger partial charge in [0.1, 0.15) is 0 Å². The van der Waals surface area contributed by atoms with Crippen molar-refractivity contribution in [3.63, 3.8) is 0 Å². The summed E-state index contributed by atoms with van der Waals surface area (Å²) in [6.07, 6.45) is 0. The van der Waals surface area contributed by atoms with E-state index in [0.29, 0.717) is 11.1 Å². The average Bonchev–Trinajstić information content (AvgIpc) is 2.78. The maximum atomic E-state index is 5.96. The highest BCUT2D eigenvalue weighted by Crippen LogP contribution is 2.29. The summed E-state index contributed by atoms with van der Waals surface area (Å²) in [7, 11) is 0. The van der Waals surface area contributed by atoms with Gasteiger partial charge in [-0.25, -0.2) is 15.0 Å². The second-order valence-corrected chi connectivity index (χ2v) is 6.75. The molecule has 2 heterocycles. The summed E-state index contributed by atoms with van der Waals surface area (Å²) >= 11 is 2.92. The molecule has 0 fully saturated rings. The maximum absolute atomic E-state index is 5.96. The summed E-state index contributed by atoms with van der Waals surface area (Å²) in [6, 6.07) is 9.89. The maximum Gasteiger partial charge on any atom is 0.252 e. The quantitative estimate of drug-likeness (QED) is 0.445. The van der Waals surface area contributed by atoms with E-state index in [1.54, 1.807) is 11.3 Å². The Bertz CT molecular complexity index is 772. The fourth-order valence-electron chi connectivity index (χ4n) is 1.86. The average molecular weight is 315 g/mol. The van der Waals surface area contributed by atoms with E-state index in [2.05, 4.69) is 19.9 Å². The normalized spacial score (nSPS) is 12.0. The number of rotatable bonds is 2. The van der Waals surface area contributed by atoms with Gasteiger partial charge in [-0.1, -0.05) is 12.1 Å². The van der Waals surface area contributed by atoms with Crippen LogP contribution in [-0.4, -0.2) is 20.1 Å². The Morgan fingerprint density at radius 2 is 1.86 bits per heavy atom. The number of para-hydroxylation sites is 1. The van der Waals surface area contributed by atoms with Crippen molar-refractivity contribution in [2.45, 2.75) is 18.2 Å². The number of aryl methyl sites for hydroxylation is 2. The number of fused-ring (bicyclic) bond motifs is 1. The number of amidine groups is 1. The van der Waals surface area contributed by atoms with E-state index in [1.165, 1.54) is 11.8 Å². The molecule has 21 heavy (non-hydrogen) atoms. The minimum atomic E-state index is 0.388. The molecule has 0 unspecified atom stereocenters. The van der Waals surface area contributed by atoms with Crippen molar-refractivity contribution in [2.75, 3.05) is 0 Å². The summed E-state index contributed by atoms with van der Waals surface area (Å²) in [6.45, 7) is 3.81. The topological polar surface area (TPSA) is 77.0 Å². The van der Waals surface area contributed by atoms with E-state index in [4.69, 9.17) is 5.73 Å². The molecule has 0 bridgehead atoms. The minimum absolute atomic E-state index is 0.388. The number of nitrogens with zero attached hydrogens (tertiary/aromatic N) is 4. The van der Waals surface area contributed by atoms with Gasteiger partial charge in [0, 0.05) is 11.4 Å². The van der Waals surface area contributed by atoms with Gasteiger partial charge in [-0.05, 0) is 43.8 Å². The Hall–Kier alpha value is -1.99. The van der Waals surface area contributed by atoms with Crippen molar-refractivity contribution in [1.82, 2.24) is 15.0 Å². The molecule has 0 aliphatic heterocycles. The van der Waals surface area contributed by atoms with E-state index in [9.17, 15) is 0 Å². The molecule has 5 nitrogen and oxygen atoms in total. The Kier molecular flexibility index (Phi) is 3.85. The second kappa shape index (κ2) is 5.79. The largest absolute Gasteiger partial charge is 0.378 e. The van der Waals surface area contributed by atoms with Crippen LogP contribution in [0.5, 0.6) is 0 Å². The first-order chi connectivity index (χ1) is 10.1. The van der Waals surface area contributed by atoms with Crippen LogP contribution in [0.2, 0.25) is 0 Å². The highest BCUT2D eigenvalue weighted by Gasteiger charge is 2.07. The second-order valence-electron chi connectivity index (χ2n) is 4.45.